The molecule has 1 atom stereocenters. The third-order valence-electron chi connectivity index (χ3n) is 9.13. The van der Waals surface area contributed by atoms with Crippen LogP contribution in [-0.2, 0) is 16.0 Å². The summed E-state index contributed by atoms with van der Waals surface area (Å²) in [5.74, 6) is -0.129. The van der Waals surface area contributed by atoms with Gasteiger partial charge in [0.25, 0.3) is 0 Å². The quantitative estimate of drug-likeness (QED) is 0.0516. The number of aromatic amines is 1. The number of nitrogens with zero attached hydrogens (tertiary/aromatic N) is 1. The van der Waals surface area contributed by atoms with Crippen LogP contribution in [-0.4, -0.2) is 34.4 Å². The summed E-state index contributed by atoms with van der Waals surface area (Å²) in [4.78, 5) is 32.8. The van der Waals surface area contributed by atoms with Gasteiger partial charge in [-0.25, -0.2) is 4.98 Å². The first kappa shape index (κ1) is 41.9. The number of rotatable bonds is 34. The lowest BCUT2D eigenvalue weighted by atomic mass is 10.0. The smallest absolute Gasteiger partial charge is 0.242 e. The molecule has 0 saturated carbocycles. The van der Waals surface area contributed by atoms with E-state index in [4.69, 9.17) is 0 Å². The number of aromatic nitrogens is 2. The average molecular weight is 643 g/mol. The molecule has 0 aliphatic rings. The maximum absolute atomic E-state index is 13.0. The minimum Gasteiger partial charge on any atom is -0.354 e. The lowest BCUT2D eigenvalue weighted by Gasteiger charge is -2.18. The Morgan fingerprint density at radius 2 is 1.11 bits per heavy atom. The fourth-order valence-corrected chi connectivity index (χ4v) is 6.10. The van der Waals surface area contributed by atoms with E-state index in [9.17, 15) is 9.59 Å². The molecule has 46 heavy (non-hydrogen) atoms. The molecule has 1 aromatic rings. The predicted molar refractivity (Wildman–Crippen MR) is 197 cm³/mol. The van der Waals surface area contributed by atoms with Gasteiger partial charge in [0.2, 0.25) is 11.8 Å². The van der Waals surface area contributed by atoms with Crippen molar-refractivity contribution in [3.05, 3.63) is 30.4 Å². The molecule has 2 amide bonds. The van der Waals surface area contributed by atoms with Crippen molar-refractivity contribution < 1.29 is 9.59 Å². The Morgan fingerprint density at radius 1 is 0.652 bits per heavy atom. The molecule has 0 bridgehead atoms. The summed E-state index contributed by atoms with van der Waals surface area (Å²) in [6.07, 6.45) is 43.5. The van der Waals surface area contributed by atoms with Crippen LogP contribution in [0.25, 0.3) is 0 Å². The second kappa shape index (κ2) is 32.8. The number of allylic oxidation sites excluding steroid dienone is 2. The molecule has 0 aliphatic carbocycles. The van der Waals surface area contributed by atoms with E-state index >= 15 is 0 Å². The van der Waals surface area contributed by atoms with E-state index < -0.39 is 6.04 Å². The minimum atomic E-state index is -0.567. The highest BCUT2D eigenvalue weighted by Crippen LogP contribution is 2.13. The van der Waals surface area contributed by atoms with Crippen molar-refractivity contribution in [3.8, 4) is 0 Å². The largest absolute Gasteiger partial charge is 0.354 e. The average Bonchev–Trinajstić information content (AvgIpc) is 3.57. The summed E-state index contributed by atoms with van der Waals surface area (Å²) in [7, 11) is 0. The topological polar surface area (TPSA) is 86.9 Å². The number of carbonyl (C=O) groups excluding carboxylic acids is 2. The van der Waals surface area contributed by atoms with E-state index in [0.717, 1.165) is 37.8 Å². The van der Waals surface area contributed by atoms with Gasteiger partial charge in [-0.3, -0.25) is 9.59 Å². The summed E-state index contributed by atoms with van der Waals surface area (Å²) in [5.41, 5.74) is 0.859. The molecule has 1 aromatic heterocycles. The SMILES string of the molecule is CCCCCCCCC=CCCCCCCCC(=O)NC(Cc1cnc[nH]1)C(=O)NCCCCCCCCCCCCCCCC. The molecular weight excluding hydrogens is 568 g/mol. The van der Waals surface area contributed by atoms with Gasteiger partial charge in [0.15, 0.2) is 0 Å². The molecule has 0 spiro atoms. The number of H-pyrrole nitrogens is 1. The minimum absolute atomic E-state index is 0.0335. The zero-order valence-electron chi connectivity index (χ0n) is 30.4. The van der Waals surface area contributed by atoms with Crippen LogP contribution in [0.3, 0.4) is 0 Å². The van der Waals surface area contributed by atoms with Crippen molar-refractivity contribution in [2.75, 3.05) is 6.54 Å². The number of hydrogen-bond acceptors (Lipinski definition) is 3. The lowest BCUT2D eigenvalue weighted by molar-refractivity contribution is -0.129. The zero-order valence-corrected chi connectivity index (χ0v) is 30.4. The van der Waals surface area contributed by atoms with Crippen molar-refractivity contribution in [1.82, 2.24) is 20.6 Å². The van der Waals surface area contributed by atoms with E-state index in [2.05, 4.69) is 46.6 Å². The summed E-state index contributed by atoms with van der Waals surface area (Å²) in [5, 5.41) is 6.07. The normalized spacial score (nSPS) is 12.1. The maximum Gasteiger partial charge on any atom is 0.242 e. The molecular formula is C40H74N4O2. The predicted octanol–water partition coefficient (Wildman–Crippen LogP) is 11.1. The Balaban J connectivity index is 2.09. The summed E-state index contributed by atoms with van der Waals surface area (Å²) in [6.45, 7) is 5.21. The van der Waals surface area contributed by atoms with Crippen molar-refractivity contribution in [1.29, 1.82) is 0 Å². The van der Waals surface area contributed by atoms with Gasteiger partial charge in [-0.1, -0.05) is 161 Å². The van der Waals surface area contributed by atoms with Crippen molar-refractivity contribution in [3.63, 3.8) is 0 Å². The molecule has 266 valence electrons. The Morgan fingerprint density at radius 3 is 1.59 bits per heavy atom. The summed E-state index contributed by atoms with van der Waals surface area (Å²) >= 11 is 0. The van der Waals surface area contributed by atoms with Gasteiger partial charge in [-0.2, -0.15) is 0 Å². The van der Waals surface area contributed by atoms with E-state index in [-0.39, 0.29) is 11.8 Å². The number of hydrogen-bond donors (Lipinski definition) is 3. The Labute approximate surface area is 284 Å². The van der Waals surface area contributed by atoms with Crippen molar-refractivity contribution in [2.45, 2.75) is 206 Å². The van der Waals surface area contributed by atoms with E-state index in [1.165, 1.54) is 141 Å². The van der Waals surface area contributed by atoms with Gasteiger partial charge < -0.3 is 15.6 Å². The van der Waals surface area contributed by atoms with E-state index in [1.54, 1.807) is 12.5 Å². The summed E-state index contributed by atoms with van der Waals surface area (Å²) < 4.78 is 0. The second-order valence-corrected chi connectivity index (χ2v) is 13.6. The number of imidazole rings is 1. The number of nitrogens with one attached hydrogen (secondary N) is 3. The number of amides is 2. The highest BCUT2D eigenvalue weighted by Gasteiger charge is 2.21. The molecule has 0 radical (unpaired) electrons. The molecule has 3 N–H and O–H groups in total. The fraction of sp³-hybridized carbons (Fsp3) is 0.825. The second-order valence-electron chi connectivity index (χ2n) is 13.6. The van der Waals surface area contributed by atoms with Crippen LogP contribution < -0.4 is 10.6 Å². The van der Waals surface area contributed by atoms with Crippen LogP contribution in [0.5, 0.6) is 0 Å². The number of carbonyl (C=O) groups is 2. The van der Waals surface area contributed by atoms with Gasteiger partial charge >= 0.3 is 0 Å². The first-order chi connectivity index (χ1) is 22.7. The molecule has 1 heterocycles. The summed E-state index contributed by atoms with van der Waals surface area (Å²) in [6, 6.07) is -0.567. The monoisotopic (exact) mass is 643 g/mol. The molecule has 0 saturated heterocycles. The first-order valence-electron chi connectivity index (χ1n) is 19.9. The van der Waals surface area contributed by atoms with Crippen LogP contribution in [0.2, 0.25) is 0 Å². The van der Waals surface area contributed by atoms with Gasteiger partial charge in [-0.15, -0.1) is 0 Å². The van der Waals surface area contributed by atoms with Gasteiger partial charge in [-0.05, 0) is 38.5 Å². The molecule has 1 rings (SSSR count). The third-order valence-corrected chi connectivity index (χ3v) is 9.13. The van der Waals surface area contributed by atoms with Gasteiger partial charge in [0.1, 0.15) is 6.04 Å². The molecule has 0 aromatic carbocycles. The molecule has 0 fully saturated rings. The van der Waals surface area contributed by atoms with Crippen molar-refractivity contribution >= 4 is 11.8 Å². The molecule has 6 nitrogen and oxygen atoms in total. The lowest BCUT2D eigenvalue weighted by Crippen LogP contribution is -2.48. The van der Waals surface area contributed by atoms with E-state index in [0.29, 0.717) is 19.4 Å². The molecule has 6 heteroatoms. The first-order valence-corrected chi connectivity index (χ1v) is 19.9. The van der Waals surface area contributed by atoms with Gasteiger partial charge in [0, 0.05) is 31.3 Å². The zero-order chi connectivity index (χ0) is 33.2. The van der Waals surface area contributed by atoms with Gasteiger partial charge in [0.05, 0.1) is 6.33 Å². The molecule has 1 unspecified atom stereocenters. The Kier molecular flexibility index (Phi) is 29.9. The van der Waals surface area contributed by atoms with Crippen LogP contribution in [0.4, 0.5) is 0 Å². The van der Waals surface area contributed by atoms with E-state index in [1.807, 2.05) is 0 Å². The highest BCUT2D eigenvalue weighted by atomic mass is 16.2. The van der Waals surface area contributed by atoms with Crippen LogP contribution >= 0.6 is 0 Å². The van der Waals surface area contributed by atoms with Crippen LogP contribution in [0, 0.1) is 0 Å². The van der Waals surface area contributed by atoms with Crippen LogP contribution in [0.15, 0.2) is 24.7 Å². The van der Waals surface area contributed by atoms with Crippen molar-refractivity contribution in [2.24, 2.45) is 0 Å². The number of unbranched alkanes of at least 4 members (excludes halogenated alkanes) is 24. The maximum atomic E-state index is 13.0. The highest BCUT2D eigenvalue weighted by molar-refractivity contribution is 5.87. The molecule has 0 aliphatic heterocycles. The Bertz CT molecular complexity index is 823. The third kappa shape index (κ3) is 27.0. The van der Waals surface area contributed by atoms with Crippen LogP contribution in [0.1, 0.15) is 199 Å². The fourth-order valence-electron chi connectivity index (χ4n) is 6.10. The Hall–Kier alpha value is -2.11. The standard InChI is InChI=1S/C40H74N4O2/c1-3-5-7-9-11-13-15-17-19-20-22-24-26-28-30-32-39(45)44-38(34-37-35-41-36-43-37)40(46)42-33-31-29-27-25-23-21-18-16-14-12-10-8-6-4-2/h17,19,35-36,38H,3-16,18,20-34H2,1-2H3,(H,41,43)(H,42,46)(H,44,45).